The minimum Gasteiger partial charge on any atom is -0.329 e. The summed E-state index contributed by atoms with van der Waals surface area (Å²) in [6.45, 7) is 9.13. The number of nitrogens with zero attached hydrogens (tertiary/aromatic N) is 2. The third-order valence-corrected chi connectivity index (χ3v) is 3.21. The first kappa shape index (κ1) is 9.75. The standard InChI is InChI=1S/C12H20N2/c1-8(2)11-7-13-12-6-9(3)5-10(4)14(11)12/h7-10H,5-6H2,1-4H3. The van der Waals surface area contributed by atoms with Crippen LogP contribution in [0, 0.1) is 5.92 Å². The van der Waals surface area contributed by atoms with Gasteiger partial charge < -0.3 is 4.57 Å². The van der Waals surface area contributed by atoms with Crippen LogP contribution in [0.4, 0.5) is 0 Å². The molecule has 1 aliphatic heterocycles. The predicted molar refractivity (Wildman–Crippen MR) is 58.5 cm³/mol. The molecule has 78 valence electrons. The smallest absolute Gasteiger partial charge is 0.109 e. The molecule has 1 aromatic rings. The first-order valence-electron chi connectivity index (χ1n) is 5.65. The average Bonchev–Trinajstić information content (AvgIpc) is 2.47. The minimum absolute atomic E-state index is 0.590. The Bertz CT molecular complexity index is 325. The zero-order valence-electron chi connectivity index (χ0n) is 9.62. The first-order valence-corrected chi connectivity index (χ1v) is 5.65. The van der Waals surface area contributed by atoms with Crippen LogP contribution in [0.3, 0.4) is 0 Å². The van der Waals surface area contributed by atoms with Crippen LogP contribution in [0.15, 0.2) is 6.20 Å². The lowest BCUT2D eigenvalue weighted by molar-refractivity contribution is 0.334. The molecule has 0 amide bonds. The van der Waals surface area contributed by atoms with Crippen molar-refractivity contribution in [1.29, 1.82) is 0 Å². The molecule has 2 heteroatoms. The van der Waals surface area contributed by atoms with Crippen LogP contribution < -0.4 is 0 Å². The summed E-state index contributed by atoms with van der Waals surface area (Å²) in [6, 6.07) is 0.633. The Labute approximate surface area is 86.3 Å². The van der Waals surface area contributed by atoms with Gasteiger partial charge in [0.05, 0.1) is 0 Å². The van der Waals surface area contributed by atoms with Crippen molar-refractivity contribution < 1.29 is 0 Å². The summed E-state index contributed by atoms with van der Waals surface area (Å²) in [4.78, 5) is 4.54. The van der Waals surface area contributed by atoms with Crippen LogP contribution >= 0.6 is 0 Å². The van der Waals surface area contributed by atoms with E-state index in [0.717, 1.165) is 12.3 Å². The second-order valence-electron chi connectivity index (χ2n) is 5.02. The van der Waals surface area contributed by atoms with Gasteiger partial charge in [-0.1, -0.05) is 20.8 Å². The molecule has 2 nitrogen and oxygen atoms in total. The number of imidazole rings is 1. The summed E-state index contributed by atoms with van der Waals surface area (Å²) < 4.78 is 2.45. The van der Waals surface area contributed by atoms with E-state index >= 15 is 0 Å². The van der Waals surface area contributed by atoms with Gasteiger partial charge in [0.1, 0.15) is 5.82 Å². The Morgan fingerprint density at radius 1 is 1.43 bits per heavy atom. The summed E-state index contributed by atoms with van der Waals surface area (Å²) in [6.07, 6.45) is 4.51. The molecule has 1 aliphatic rings. The normalized spacial score (nSPS) is 26.6. The fourth-order valence-electron chi connectivity index (χ4n) is 2.58. The molecule has 2 unspecified atom stereocenters. The van der Waals surface area contributed by atoms with Crippen molar-refractivity contribution in [2.45, 2.75) is 52.5 Å². The topological polar surface area (TPSA) is 17.8 Å². The maximum atomic E-state index is 4.54. The highest BCUT2D eigenvalue weighted by atomic mass is 15.1. The summed E-state index contributed by atoms with van der Waals surface area (Å²) >= 11 is 0. The van der Waals surface area contributed by atoms with Gasteiger partial charge in [-0.05, 0) is 25.2 Å². The Hall–Kier alpha value is -0.790. The molecule has 2 atom stereocenters. The number of fused-ring (bicyclic) bond motifs is 1. The largest absolute Gasteiger partial charge is 0.329 e. The number of aromatic nitrogens is 2. The number of hydrogen-bond acceptors (Lipinski definition) is 1. The lowest BCUT2D eigenvalue weighted by atomic mass is 9.94. The van der Waals surface area contributed by atoms with Gasteiger partial charge in [0.15, 0.2) is 0 Å². The Balaban J connectivity index is 2.41. The van der Waals surface area contributed by atoms with Crippen LogP contribution in [0.5, 0.6) is 0 Å². The lowest BCUT2D eigenvalue weighted by Crippen LogP contribution is -2.23. The fraction of sp³-hybridized carbons (Fsp3) is 0.750. The SMILES string of the molecule is CC1Cc2ncc(C(C)C)n2C(C)C1. The third kappa shape index (κ3) is 1.47. The van der Waals surface area contributed by atoms with Crippen molar-refractivity contribution >= 4 is 0 Å². The molecule has 0 N–H and O–H groups in total. The second kappa shape index (κ2) is 3.41. The Morgan fingerprint density at radius 2 is 2.14 bits per heavy atom. The molecule has 0 fully saturated rings. The van der Waals surface area contributed by atoms with Gasteiger partial charge in [-0.15, -0.1) is 0 Å². The molecule has 0 aromatic carbocycles. The summed E-state index contributed by atoms with van der Waals surface area (Å²) in [5.41, 5.74) is 1.40. The Morgan fingerprint density at radius 3 is 2.79 bits per heavy atom. The number of rotatable bonds is 1. The summed E-state index contributed by atoms with van der Waals surface area (Å²) in [5.74, 6) is 2.67. The van der Waals surface area contributed by atoms with Gasteiger partial charge in [-0.3, -0.25) is 0 Å². The molecular weight excluding hydrogens is 172 g/mol. The molecule has 0 bridgehead atoms. The third-order valence-electron chi connectivity index (χ3n) is 3.21. The second-order valence-corrected chi connectivity index (χ2v) is 5.02. The quantitative estimate of drug-likeness (QED) is 0.668. The maximum Gasteiger partial charge on any atom is 0.109 e. The van der Waals surface area contributed by atoms with E-state index in [1.165, 1.54) is 17.9 Å². The van der Waals surface area contributed by atoms with E-state index in [-0.39, 0.29) is 0 Å². The maximum absolute atomic E-state index is 4.54. The van der Waals surface area contributed by atoms with Gasteiger partial charge in [-0.25, -0.2) is 4.98 Å². The van der Waals surface area contributed by atoms with Crippen molar-refractivity contribution in [1.82, 2.24) is 9.55 Å². The van der Waals surface area contributed by atoms with Crippen molar-refractivity contribution in [3.8, 4) is 0 Å². The van der Waals surface area contributed by atoms with Crippen molar-refractivity contribution in [2.24, 2.45) is 5.92 Å². The monoisotopic (exact) mass is 192 g/mol. The molecule has 0 radical (unpaired) electrons. The molecule has 1 aromatic heterocycles. The predicted octanol–water partition coefficient (Wildman–Crippen LogP) is 3.15. The van der Waals surface area contributed by atoms with E-state index in [1.807, 2.05) is 0 Å². The molecule has 14 heavy (non-hydrogen) atoms. The number of hydrogen-bond donors (Lipinski definition) is 0. The summed E-state index contributed by atoms with van der Waals surface area (Å²) in [7, 11) is 0. The summed E-state index contributed by atoms with van der Waals surface area (Å²) in [5, 5.41) is 0. The van der Waals surface area contributed by atoms with Crippen LogP contribution in [0.1, 0.15) is 57.6 Å². The van der Waals surface area contributed by atoms with Gasteiger partial charge in [0, 0.05) is 24.4 Å². The molecular formula is C12H20N2. The van der Waals surface area contributed by atoms with E-state index in [4.69, 9.17) is 0 Å². The van der Waals surface area contributed by atoms with Gasteiger partial charge >= 0.3 is 0 Å². The molecule has 0 saturated heterocycles. The van der Waals surface area contributed by atoms with E-state index in [0.29, 0.717) is 12.0 Å². The van der Waals surface area contributed by atoms with E-state index in [9.17, 15) is 0 Å². The highest BCUT2D eigenvalue weighted by molar-refractivity contribution is 5.13. The van der Waals surface area contributed by atoms with Gasteiger partial charge in [-0.2, -0.15) is 0 Å². The molecule has 2 heterocycles. The van der Waals surface area contributed by atoms with Crippen LogP contribution in [-0.2, 0) is 6.42 Å². The Kier molecular flexibility index (Phi) is 2.38. The van der Waals surface area contributed by atoms with Crippen LogP contribution in [0.25, 0.3) is 0 Å². The fourth-order valence-corrected chi connectivity index (χ4v) is 2.58. The molecule has 0 saturated carbocycles. The van der Waals surface area contributed by atoms with E-state index in [2.05, 4.69) is 43.4 Å². The van der Waals surface area contributed by atoms with E-state index in [1.54, 1.807) is 0 Å². The molecule has 0 spiro atoms. The van der Waals surface area contributed by atoms with Crippen molar-refractivity contribution in [3.63, 3.8) is 0 Å². The highest BCUT2D eigenvalue weighted by Gasteiger charge is 2.24. The van der Waals surface area contributed by atoms with Crippen LogP contribution in [0.2, 0.25) is 0 Å². The molecule has 2 rings (SSSR count). The van der Waals surface area contributed by atoms with Crippen molar-refractivity contribution in [2.75, 3.05) is 0 Å². The van der Waals surface area contributed by atoms with Gasteiger partial charge in [0.25, 0.3) is 0 Å². The molecule has 0 aliphatic carbocycles. The van der Waals surface area contributed by atoms with Crippen molar-refractivity contribution in [3.05, 3.63) is 17.7 Å². The van der Waals surface area contributed by atoms with Crippen LogP contribution in [-0.4, -0.2) is 9.55 Å². The zero-order chi connectivity index (χ0) is 10.3. The first-order chi connectivity index (χ1) is 6.59. The zero-order valence-corrected chi connectivity index (χ0v) is 9.62. The lowest BCUT2D eigenvalue weighted by Gasteiger charge is -2.29. The van der Waals surface area contributed by atoms with E-state index < -0.39 is 0 Å². The highest BCUT2D eigenvalue weighted by Crippen LogP contribution is 2.31. The average molecular weight is 192 g/mol. The minimum atomic E-state index is 0.590. The van der Waals surface area contributed by atoms with Gasteiger partial charge in [0.2, 0.25) is 0 Å².